The summed E-state index contributed by atoms with van der Waals surface area (Å²) in [7, 11) is 0. The maximum atomic E-state index is 12.7. The fourth-order valence-electron chi connectivity index (χ4n) is 3.75. The smallest absolute Gasteiger partial charge is 0.416 e. The Balaban J connectivity index is 1.54. The number of nitrogens with two attached hydrogens (primary N) is 1. The molecule has 0 bridgehead atoms. The number of rotatable bonds is 6. The third-order valence-corrected chi connectivity index (χ3v) is 5.54. The van der Waals surface area contributed by atoms with Crippen molar-refractivity contribution >= 4 is 22.6 Å². The highest BCUT2D eigenvalue weighted by atomic mass is 19.4. The van der Waals surface area contributed by atoms with Crippen LogP contribution in [0, 0.1) is 0 Å². The molecule has 0 aliphatic rings. The first-order valence-electron chi connectivity index (χ1n) is 10.7. The molecule has 0 aliphatic carbocycles. The van der Waals surface area contributed by atoms with Gasteiger partial charge in [-0.3, -0.25) is 4.79 Å². The van der Waals surface area contributed by atoms with Crippen LogP contribution >= 0.6 is 0 Å². The molecular weight excluding hydrogens is 445 g/mol. The summed E-state index contributed by atoms with van der Waals surface area (Å²) >= 11 is 0. The van der Waals surface area contributed by atoms with Gasteiger partial charge >= 0.3 is 6.18 Å². The van der Waals surface area contributed by atoms with Crippen molar-refractivity contribution < 1.29 is 22.7 Å². The number of ketones is 1. The molecule has 0 fully saturated rings. The Morgan fingerprint density at radius 2 is 1.65 bits per heavy atom. The topological polar surface area (TPSA) is 83.0 Å². The van der Waals surface area contributed by atoms with Gasteiger partial charge in [0.05, 0.1) is 10.9 Å². The van der Waals surface area contributed by atoms with E-state index in [1.807, 2.05) is 36.7 Å². The van der Waals surface area contributed by atoms with E-state index in [4.69, 9.17) is 10.5 Å². The molecule has 4 rings (SSSR count). The third-order valence-electron chi connectivity index (χ3n) is 5.54. The summed E-state index contributed by atoms with van der Waals surface area (Å²) in [6.07, 6.45) is -1.92. The van der Waals surface area contributed by atoms with E-state index in [9.17, 15) is 18.0 Å². The minimum Gasteiger partial charge on any atom is -0.483 e. The summed E-state index contributed by atoms with van der Waals surface area (Å²) in [5.41, 5.74) is 7.97. The summed E-state index contributed by atoms with van der Waals surface area (Å²) < 4.78 is 46.0. The number of aromatic nitrogens is 3. The monoisotopic (exact) mass is 468 g/mol. The van der Waals surface area contributed by atoms with Gasteiger partial charge in [0.2, 0.25) is 5.78 Å². The molecule has 2 N–H and O–H groups in total. The second kappa shape index (κ2) is 8.81. The molecule has 1 atom stereocenters. The fraction of sp³-hybridized carbons (Fsp3) is 0.240. The molecule has 0 aliphatic heterocycles. The SMILES string of the molecule is CC(Oc1ccc(-c2cn(C(C)C)c3ncnc(N)c23)cc1)C(=O)c1ccc(C(F)(F)F)cc1. The van der Waals surface area contributed by atoms with Crippen LogP contribution in [0.5, 0.6) is 5.75 Å². The normalized spacial score (nSPS) is 12.8. The van der Waals surface area contributed by atoms with E-state index in [1.54, 1.807) is 19.1 Å². The Morgan fingerprint density at radius 1 is 1.00 bits per heavy atom. The van der Waals surface area contributed by atoms with Crippen molar-refractivity contribution in [3.8, 4) is 16.9 Å². The Bertz CT molecular complexity index is 1330. The number of benzene rings is 2. The van der Waals surface area contributed by atoms with Gasteiger partial charge in [-0.2, -0.15) is 13.2 Å². The molecule has 2 heterocycles. The first-order chi connectivity index (χ1) is 16.1. The molecule has 0 saturated heterocycles. The number of hydrogen-bond acceptors (Lipinski definition) is 5. The maximum absolute atomic E-state index is 12.7. The van der Waals surface area contributed by atoms with Crippen LogP contribution in [0.25, 0.3) is 22.2 Å². The second-order valence-electron chi connectivity index (χ2n) is 8.23. The van der Waals surface area contributed by atoms with Crippen molar-refractivity contribution in [2.75, 3.05) is 5.73 Å². The number of Topliss-reactive ketones (excluding diaryl/α,β-unsaturated/α-hetero) is 1. The van der Waals surface area contributed by atoms with Crippen LogP contribution in [0.2, 0.25) is 0 Å². The van der Waals surface area contributed by atoms with E-state index in [2.05, 4.69) is 9.97 Å². The van der Waals surface area contributed by atoms with Crippen molar-refractivity contribution in [3.63, 3.8) is 0 Å². The van der Waals surface area contributed by atoms with E-state index in [1.165, 1.54) is 6.33 Å². The lowest BCUT2D eigenvalue weighted by atomic mass is 10.0. The molecule has 34 heavy (non-hydrogen) atoms. The van der Waals surface area contributed by atoms with E-state index < -0.39 is 23.6 Å². The minimum absolute atomic E-state index is 0.147. The third kappa shape index (κ3) is 4.46. The summed E-state index contributed by atoms with van der Waals surface area (Å²) in [4.78, 5) is 21.1. The number of nitrogens with zero attached hydrogens (tertiary/aromatic N) is 3. The summed E-state index contributed by atoms with van der Waals surface area (Å²) in [6, 6.07) is 11.4. The Kier molecular flexibility index (Phi) is 6.03. The number of hydrogen-bond donors (Lipinski definition) is 1. The quantitative estimate of drug-likeness (QED) is 0.355. The van der Waals surface area contributed by atoms with E-state index in [0.717, 1.165) is 46.4 Å². The summed E-state index contributed by atoms with van der Waals surface area (Å²) in [6.45, 7) is 5.66. The van der Waals surface area contributed by atoms with Crippen molar-refractivity contribution in [1.29, 1.82) is 0 Å². The van der Waals surface area contributed by atoms with Gasteiger partial charge in [0.1, 0.15) is 23.5 Å². The summed E-state index contributed by atoms with van der Waals surface area (Å²) in [5.74, 6) is 0.423. The number of carbonyl (C=O) groups is 1. The van der Waals surface area contributed by atoms with Gasteiger partial charge < -0.3 is 15.0 Å². The number of halogens is 3. The molecule has 0 radical (unpaired) electrons. The van der Waals surface area contributed by atoms with Crippen LogP contribution in [-0.4, -0.2) is 26.4 Å². The number of nitrogen functional groups attached to an aromatic ring is 1. The predicted octanol–water partition coefficient (Wildman–Crippen LogP) is 5.93. The van der Waals surface area contributed by atoms with Crippen LogP contribution in [0.1, 0.15) is 42.7 Å². The van der Waals surface area contributed by atoms with Crippen LogP contribution in [0.3, 0.4) is 0 Å². The first-order valence-corrected chi connectivity index (χ1v) is 10.7. The number of ether oxygens (including phenoxy) is 1. The number of fused-ring (bicyclic) bond motifs is 1. The van der Waals surface area contributed by atoms with Crippen LogP contribution < -0.4 is 10.5 Å². The van der Waals surface area contributed by atoms with E-state index in [-0.39, 0.29) is 11.6 Å². The zero-order chi connectivity index (χ0) is 24.6. The van der Waals surface area contributed by atoms with Crippen molar-refractivity contribution in [1.82, 2.24) is 14.5 Å². The molecule has 2 aromatic carbocycles. The molecule has 4 aromatic rings. The highest BCUT2D eigenvalue weighted by Gasteiger charge is 2.30. The highest BCUT2D eigenvalue weighted by molar-refractivity contribution is 6.01. The zero-order valence-corrected chi connectivity index (χ0v) is 18.8. The molecule has 2 aromatic heterocycles. The molecule has 176 valence electrons. The van der Waals surface area contributed by atoms with Crippen LogP contribution in [0.15, 0.2) is 61.1 Å². The van der Waals surface area contributed by atoms with Crippen molar-refractivity contribution in [3.05, 3.63) is 72.2 Å². The lowest BCUT2D eigenvalue weighted by molar-refractivity contribution is -0.137. The first kappa shape index (κ1) is 23.3. The van der Waals surface area contributed by atoms with Crippen molar-refractivity contribution in [2.45, 2.75) is 39.1 Å². The lowest BCUT2D eigenvalue weighted by Gasteiger charge is -2.15. The van der Waals surface area contributed by atoms with Crippen LogP contribution in [0.4, 0.5) is 19.0 Å². The predicted molar refractivity (Wildman–Crippen MR) is 124 cm³/mol. The fourth-order valence-corrected chi connectivity index (χ4v) is 3.75. The van der Waals surface area contributed by atoms with Gasteiger partial charge in [0, 0.05) is 23.4 Å². The van der Waals surface area contributed by atoms with Crippen LogP contribution in [-0.2, 0) is 6.18 Å². The molecule has 0 amide bonds. The molecule has 6 nitrogen and oxygen atoms in total. The van der Waals surface area contributed by atoms with Crippen molar-refractivity contribution in [2.24, 2.45) is 0 Å². The average molecular weight is 468 g/mol. The molecule has 9 heteroatoms. The second-order valence-corrected chi connectivity index (χ2v) is 8.23. The van der Waals surface area contributed by atoms with Gasteiger partial charge in [-0.1, -0.05) is 24.3 Å². The maximum Gasteiger partial charge on any atom is 0.416 e. The van der Waals surface area contributed by atoms with E-state index in [0.29, 0.717) is 11.6 Å². The van der Waals surface area contributed by atoms with Gasteiger partial charge in [-0.15, -0.1) is 0 Å². The molecular formula is C25H23F3N4O2. The summed E-state index contributed by atoms with van der Waals surface area (Å²) in [5, 5.41) is 0.760. The zero-order valence-electron chi connectivity index (χ0n) is 18.8. The van der Waals surface area contributed by atoms with E-state index >= 15 is 0 Å². The Hall–Kier alpha value is -3.88. The standard InChI is InChI=1S/C25H23F3N4O2/c1-14(2)32-12-20(21-23(29)30-13-31-24(21)32)16-6-10-19(11-7-16)34-15(3)22(33)17-4-8-18(9-5-17)25(26,27)28/h4-15H,1-3H3,(H2,29,30,31). The lowest BCUT2D eigenvalue weighted by Crippen LogP contribution is -2.24. The van der Waals surface area contributed by atoms with Gasteiger partial charge in [-0.25, -0.2) is 9.97 Å². The number of anilines is 1. The van der Waals surface area contributed by atoms with Gasteiger partial charge in [0.25, 0.3) is 0 Å². The van der Waals surface area contributed by atoms with Gasteiger partial charge in [0.15, 0.2) is 6.10 Å². The Morgan fingerprint density at radius 3 is 2.24 bits per heavy atom. The Labute approximate surface area is 194 Å². The number of carbonyl (C=O) groups excluding carboxylic acids is 1. The van der Waals surface area contributed by atoms with Gasteiger partial charge in [-0.05, 0) is 50.6 Å². The minimum atomic E-state index is -4.45. The molecule has 1 unspecified atom stereocenters. The highest BCUT2D eigenvalue weighted by Crippen LogP contribution is 2.35. The number of alkyl halides is 3. The molecule has 0 spiro atoms. The molecule has 0 saturated carbocycles. The largest absolute Gasteiger partial charge is 0.483 e. The average Bonchev–Trinajstić information content (AvgIpc) is 3.20.